The predicted octanol–water partition coefficient (Wildman–Crippen LogP) is 3.61. The van der Waals surface area contributed by atoms with Crippen LogP contribution in [-0.2, 0) is 6.42 Å². The summed E-state index contributed by atoms with van der Waals surface area (Å²) in [5, 5.41) is 1.98. The van der Waals surface area contributed by atoms with Gasteiger partial charge in [0.25, 0.3) is 0 Å². The highest BCUT2D eigenvalue weighted by molar-refractivity contribution is 7.15. The SMILES string of the molecule is C#Cc1csc2nc(CC)c(-c3ccccc3)n12. The van der Waals surface area contributed by atoms with Gasteiger partial charge in [0, 0.05) is 10.9 Å². The second-order valence-electron chi connectivity index (χ2n) is 4.01. The van der Waals surface area contributed by atoms with Crippen LogP contribution in [0.5, 0.6) is 0 Å². The summed E-state index contributed by atoms with van der Waals surface area (Å²) in [6, 6.07) is 10.3. The van der Waals surface area contributed by atoms with Crippen LogP contribution >= 0.6 is 11.3 Å². The summed E-state index contributed by atoms with van der Waals surface area (Å²) < 4.78 is 2.08. The maximum atomic E-state index is 5.57. The highest BCUT2D eigenvalue weighted by Gasteiger charge is 2.15. The standard InChI is InChI=1S/C15H12N2S/c1-3-12-10-18-15-16-13(4-2)14(17(12)15)11-8-6-5-7-9-11/h1,5-10H,4H2,2H3. The smallest absolute Gasteiger partial charge is 0.195 e. The molecule has 0 radical (unpaired) electrons. The molecule has 0 aliphatic rings. The molecule has 3 aromatic rings. The van der Waals surface area contributed by atoms with Crippen LogP contribution in [0.2, 0.25) is 0 Å². The molecule has 18 heavy (non-hydrogen) atoms. The van der Waals surface area contributed by atoms with Crippen molar-refractivity contribution in [3.05, 3.63) is 47.1 Å². The van der Waals surface area contributed by atoms with Gasteiger partial charge in [-0.15, -0.1) is 17.8 Å². The molecule has 0 aliphatic heterocycles. The van der Waals surface area contributed by atoms with Crippen molar-refractivity contribution in [2.24, 2.45) is 0 Å². The fourth-order valence-corrected chi connectivity index (χ4v) is 2.99. The fourth-order valence-electron chi connectivity index (χ4n) is 2.14. The summed E-state index contributed by atoms with van der Waals surface area (Å²) in [7, 11) is 0. The minimum atomic E-state index is 0.876. The Balaban J connectivity index is 2.38. The Morgan fingerprint density at radius 1 is 1.33 bits per heavy atom. The van der Waals surface area contributed by atoms with Gasteiger partial charge in [-0.25, -0.2) is 4.98 Å². The number of benzene rings is 1. The molecule has 3 rings (SSSR count). The number of nitrogens with zero attached hydrogens (tertiary/aromatic N) is 2. The van der Waals surface area contributed by atoms with Crippen LogP contribution in [0, 0.1) is 12.3 Å². The van der Waals surface area contributed by atoms with E-state index in [2.05, 4.69) is 34.4 Å². The fraction of sp³-hybridized carbons (Fsp3) is 0.133. The number of rotatable bonds is 2. The zero-order valence-corrected chi connectivity index (χ0v) is 10.9. The second kappa shape index (κ2) is 4.32. The zero-order chi connectivity index (χ0) is 12.5. The van der Waals surface area contributed by atoms with Crippen molar-refractivity contribution in [3.63, 3.8) is 0 Å². The molecular formula is C15H12N2S. The Hall–Kier alpha value is -2.05. The average molecular weight is 252 g/mol. The molecule has 0 atom stereocenters. The van der Waals surface area contributed by atoms with Crippen molar-refractivity contribution in [2.45, 2.75) is 13.3 Å². The quantitative estimate of drug-likeness (QED) is 0.637. The van der Waals surface area contributed by atoms with E-state index >= 15 is 0 Å². The van der Waals surface area contributed by atoms with E-state index in [1.807, 2.05) is 23.6 Å². The van der Waals surface area contributed by atoms with Crippen molar-refractivity contribution in [1.82, 2.24) is 9.38 Å². The van der Waals surface area contributed by atoms with Crippen molar-refractivity contribution >= 4 is 16.3 Å². The van der Waals surface area contributed by atoms with E-state index in [1.54, 1.807) is 11.3 Å². The highest BCUT2D eigenvalue weighted by Crippen LogP contribution is 2.29. The first-order valence-corrected chi connectivity index (χ1v) is 6.74. The number of thiazole rings is 1. The Kier molecular flexibility index (Phi) is 2.66. The summed E-state index contributed by atoms with van der Waals surface area (Å²) >= 11 is 1.59. The number of terminal acetylenes is 1. The van der Waals surface area contributed by atoms with Crippen LogP contribution in [0.3, 0.4) is 0 Å². The number of imidazole rings is 1. The molecule has 2 heterocycles. The maximum absolute atomic E-state index is 5.57. The number of hydrogen-bond donors (Lipinski definition) is 0. The molecule has 0 unspecified atom stereocenters. The van der Waals surface area contributed by atoms with Gasteiger partial charge in [0.05, 0.1) is 11.4 Å². The normalized spacial score (nSPS) is 10.7. The van der Waals surface area contributed by atoms with Gasteiger partial charge in [-0.3, -0.25) is 4.40 Å². The van der Waals surface area contributed by atoms with Gasteiger partial charge in [-0.05, 0) is 6.42 Å². The first-order valence-electron chi connectivity index (χ1n) is 5.86. The van der Waals surface area contributed by atoms with Gasteiger partial charge in [-0.2, -0.15) is 0 Å². The Labute approximate surface area is 110 Å². The highest BCUT2D eigenvalue weighted by atomic mass is 32.1. The summed E-state index contributed by atoms with van der Waals surface area (Å²) in [5.74, 6) is 2.73. The van der Waals surface area contributed by atoms with E-state index in [0.717, 1.165) is 34.0 Å². The maximum Gasteiger partial charge on any atom is 0.195 e. The summed E-state index contributed by atoms with van der Waals surface area (Å²) in [6.45, 7) is 2.12. The number of fused-ring (bicyclic) bond motifs is 1. The summed E-state index contributed by atoms with van der Waals surface area (Å²) in [4.78, 5) is 5.63. The first-order chi connectivity index (χ1) is 8.85. The van der Waals surface area contributed by atoms with E-state index < -0.39 is 0 Å². The Morgan fingerprint density at radius 2 is 2.11 bits per heavy atom. The van der Waals surface area contributed by atoms with Gasteiger partial charge >= 0.3 is 0 Å². The molecule has 3 heteroatoms. The number of aromatic nitrogens is 2. The molecule has 0 aliphatic carbocycles. The molecular weight excluding hydrogens is 240 g/mol. The number of hydrogen-bond acceptors (Lipinski definition) is 2. The second-order valence-corrected chi connectivity index (χ2v) is 4.85. The van der Waals surface area contributed by atoms with Crippen LogP contribution in [-0.4, -0.2) is 9.38 Å². The minimum absolute atomic E-state index is 0.876. The molecule has 0 fully saturated rings. The van der Waals surface area contributed by atoms with Gasteiger partial charge in [-0.1, -0.05) is 43.2 Å². The molecule has 2 nitrogen and oxygen atoms in total. The van der Waals surface area contributed by atoms with E-state index in [4.69, 9.17) is 6.42 Å². The van der Waals surface area contributed by atoms with E-state index in [9.17, 15) is 0 Å². The van der Waals surface area contributed by atoms with Gasteiger partial charge in [0.2, 0.25) is 0 Å². The van der Waals surface area contributed by atoms with Gasteiger partial charge in [0.15, 0.2) is 4.96 Å². The lowest BCUT2D eigenvalue weighted by molar-refractivity contribution is 1.07. The first kappa shape index (κ1) is 11.1. The van der Waals surface area contributed by atoms with Gasteiger partial charge < -0.3 is 0 Å². The molecule has 0 spiro atoms. The third-order valence-corrected chi connectivity index (χ3v) is 3.79. The molecule has 0 saturated carbocycles. The molecule has 0 bridgehead atoms. The van der Waals surface area contributed by atoms with Crippen LogP contribution in [0.15, 0.2) is 35.7 Å². The Morgan fingerprint density at radius 3 is 2.78 bits per heavy atom. The summed E-state index contributed by atoms with van der Waals surface area (Å²) in [6.07, 6.45) is 6.47. The monoisotopic (exact) mass is 252 g/mol. The molecule has 0 saturated heterocycles. The topological polar surface area (TPSA) is 17.3 Å². The van der Waals surface area contributed by atoms with Crippen LogP contribution in [0.1, 0.15) is 18.3 Å². The van der Waals surface area contributed by atoms with E-state index in [-0.39, 0.29) is 0 Å². The lowest BCUT2D eigenvalue weighted by Gasteiger charge is -2.03. The van der Waals surface area contributed by atoms with Crippen LogP contribution in [0.4, 0.5) is 0 Å². The molecule has 0 N–H and O–H groups in total. The van der Waals surface area contributed by atoms with Crippen molar-refractivity contribution in [3.8, 4) is 23.6 Å². The van der Waals surface area contributed by atoms with Crippen molar-refractivity contribution in [2.75, 3.05) is 0 Å². The molecule has 1 aromatic carbocycles. The minimum Gasteiger partial charge on any atom is -0.275 e. The third kappa shape index (κ3) is 1.54. The lowest BCUT2D eigenvalue weighted by Crippen LogP contribution is -1.92. The van der Waals surface area contributed by atoms with Crippen LogP contribution < -0.4 is 0 Å². The predicted molar refractivity (Wildman–Crippen MR) is 75.8 cm³/mol. The van der Waals surface area contributed by atoms with Crippen LogP contribution in [0.25, 0.3) is 16.2 Å². The number of aryl methyl sites for hydroxylation is 1. The third-order valence-electron chi connectivity index (χ3n) is 2.97. The molecule has 0 amide bonds. The average Bonchev–Trinajstić information content (AvgIpc) is 2.97. The van der Waals surface area contributed by atoms with Crippen molar-refractivity contribution < 1.29 is 0 Å². The zero-order valence-electron chi connectivity index (χ0n) is 10.1. The largest absolute Gasteiger partial charge is 0.275 e. The van der Waals surface area contributed by atoms with E-state index in [0.29, 0.717) is 0 Å². The lowest BCUT2D eigenvalue weighted by atomic mass is 10.1. The van der Waals surface area contributed by atoms with Crippen molar-refractivity contribution in [1.29, 1.82) is 0 Å². The molecule has 2 aromatic heterocycles. The Bertz CT molecular complexity index is 729. The summed E-state index contributed by atoms with van der Waals surface area (Å²) in [5.41, 5.74) is 4.27. The van der Waals surface area contributed by atoms with E-state index in [1.165, 1.54) is 0 Å². The van der Waals surface area contributed by atoms with Gasteiger partial charge in [0.1, 0.15) is 5.69 Å². The molecule has 88 valence electrons.